The zero-order chi connectivity index (χ0) is 9.80. The fraction of sp³-hybridized carbons (Fsp3) is 0.727. The molecule has 0 aliphatic carbocycles. The van der Waals surface area contributed by atoms with E-state index in [0.717, 1.165) is 45.0 Å². The van der Waals surface area contributed by atoms with E-state index in [9.17, 15) is 0 Å². The number of allylic oxidation sites excluding steroid dienone is 2. The van der Waals surface area contributed by atoms with E-state index in [4.69, 9.17) is 4.74 Å². The van der Waals surface area contributed by atoms with Crippen molar-refractivity contribution < 1.29 is 4.74 Å². The summed E-state index contributed by atoms with van der Waals surface area (Å²) in [5.41, 5.74) is 1.16. The number of morpholine rings is 1. The van der Waals surface area contributed by atoms with Gasteiger partial charge in [0.05, 0.1) is 13.2 Å². The quantitative estimate of drug-likeness (QED) is 0.662. The Hall–Kier alpha value is -0.670. The zero-order valence-electron chi connectivity index (χ0n) is 8.78. The van der Waals surface area contributed by atoms with E-state index >= 15 is 0 Å². The topological polar surface area (TPSA) is 24.8 Å². The van der Waals surface area contributed by atoms with Gasteiger partial charge in [0, 0.05) is 37.5 Å². The third-order valence-corrected chi connectivity index (χ3v) is 2.80. The summed E-state index contributed by atoms with van der Waals surface area (Å²) in [7, 11) is 0. The molecular weight excluding hydrogens is 176 g/mol. The Labute approximate surface area is 85.5 Å². The number of hydrogen-bond donors (Lipinski definition) is 0. The number of ether oxygens (including phenoxy) is 1. The summed E-state index contributed by atoms with van der Waals surface area (Å²) in [6.07, 6.45) is 5.47. The van der Waals surface area contributed by atoms with Gasteiger partial charge >= 0.3 is 0 Å². The van der Waals surface area contributed by atoms with Crippen molar-refractivity contribution in [3.05, 3.63) is 11.8 Å². The first kappa shape index (κ1) is 9.87. The Bertz CT molecular complexity index is 242. The monoisotopic (exact) mass is 194 g/mol. The van der Waals surface area contributed by atoms with Gasteiger partial charge in [-0.25, -0.2) is 0 Å². The summed E-state index contributed by atoms with van der Waals surface area (Å²) in [4.78, 5) is 6.82. The third-order valence-electron chi connectivity index (χ3n) is 2.80. The molecule has 78 valence electrons. The van der Waals surface area contributed by atoms with Crippen molar-refractivity contribution in [2.45, 2.75) is 13.3 Å². The molecule has 14 heavy (non-hydrogen) atoms. The smallest absolute Gasteiger partial charge is 0.0594 e. The van der Waals surface area contributed by atoms with Crippen LogP contribution in [0, 0.1) is 5.92 Å². The first-order valence-electron chi connectivity index (χ1n) is 5.35. The second-order valence-corrected chi connectivity index (χ2v) is 4.03. The molecule has 1 atom stereocenters. The van der Waals surface area contributed by atoms with Crippen LogP contribution in [-0.4, -0.2) is 44.0 Å². The van der Waals surface area contributed by atoms with Crippen molar-refractivity contribution >= 4 is 6.21 Å². The van der Waals surface area contributed by atoms with Crippen LogP contribution < -0.4 is 0 Å². The van der Waals surface area contributed by atoms with Crippen molar-refractivity contribution in [1.82, 2.24) is 4.90 Å². The largest absolute Gasteiger partial charge is 0.379 e. The van der Waals surface area contributed by atoms with Gasteiger partial charge in [-0.1, -0.05) is 6.08 Å². The number of hydrogen-bond acceptors (Lipinski definition) is 3. The lowest BCUT2D eigenvalue weighted by atomic mass is 10.0. The average molecular weight is 194 g/mol. The van der Waals surface area contributed by atoms with Gasteiger partial charge < -0.3 is 4.74 Å². The van der Waals surface area contributed by atoms with Crippen molar-refractivity contribution in [2.75, 3.05) is 32.8 Å². The molecule has 3 nitrogen and oxygen atoms in total. The molecule has 2 rings (SSSR count). The van der Waals surface area contributed by atoms with Crippen LogP contribution in [0.25, 0.3) is 0 Å². The lowest BCUT2D eigenvalue weighted by Gasteiger charge is -2.29. The van der Waals surface area contributed by atoms with Gasteiger partial charge in [0.15, 0.2) is 0 Å². The van der Waals surface area contributed by atoms with Gasteiger partial charge in [0.2, 0.25) is 0 Å². The fourth-order valence-electron chi connectivity index (χ4n) is 1.90. The van der Waals surface area contributed by atoms with E-state index in [1.165, 1.54) is 0 Å². The Morgan fingerprint density at radius 2 is 2.29 bits per heavy atom. The third kappa shape index (κ3) is 2.66. The molecule has 0 aromatic heterocycles. The fourth-order valence-corrected chi connectivity index (χ4v) is 1.90. The maximum Gasteiger partial charge on any atom is 0.0594 e. The maximum absolute atomic E-state index is 5.32. The van der Waals surface area contributed by atoms with Crippen molar-refractivity contribution in [3.63, 3.8) is 0 Å². The average Bonchev–Trinajstić information content (AvgIpc) is 2.23. The first-order valence-corrected chi connectivity index (χ1v) is 5.35. The Kier molecular flexibility index (Phi) is 3.32. The maximum atomic E-state index is 5.32. The predicted molar refractivity (Wildman–Crippen MR) is 57.6 cm³/mol. The summed E-state index contributed by atoms with van der Waals surface area (Å²) < 4.78 is 5.32. The van der Waals surface area contributed by atoms with Crippen molar-refractivity contribution in [1.29, 1.82) is 0 Å². The van der Waals surface area contributed by atoms with E-state index in [2.05, 4.69) is 29.1 Å². The normalized spacial score (nSPS) is 28.9. The highest BCUT2D eigenvalue weighted by Crippen LogP contribution is 2.13. The van der Waals surface area contributed by atoms with Gasteiger partial charge in [-0.2, -0.15) is 0 Å². The minimum atomic E-state index is 0.608. The van der Waals surface area contributed by atoms with Crippen LogP contribution in [0.2, 0.25) is 0 Å². The molecule has 2 heterocycles. The number of aliphatic imine (C=N–C) groups is 1. The molecule has 0 aromatic carbocycles. The molecule has 0 N–H and O–H groups in total. The summed E-state index contributed by atoms with van der Waals surface area (Å²) in [6.45, 7) is 7.12. The molecular formula is C11H18N2O. The molecule has 1 fully saturated rings. The molecule has 1 saturated heterocycles. The van der Waals surface area contributed by atoms with Gasteiger partial charge in [-0.3, -0.25) is 9.89 Å². The summed E-state index contributed by atoms with van der Waals surface area (Å²) >= 11 is 0. The van der Waals surface area contributed by atoms with Gasteiger partial charge in [-0.15, -0.1) is 0 Å². The predicted octanol–water partition coefficient (Wildman–Crippen LogP) is 1.31. The van der Waals surface area contributed by atoms with Gasteiger partial charge in [-0.05, 0) is 13.3 Å². The lowest BCUT2D eigenvalue weighted by Crippen LogP contribution is -2.39. The van der Waals surface area contributed by atoms with Crippen LogP contribution in [0.1, 0.15) is 13.3 Å². The molecule has 0 spiro atoms. The highest BCUT2D eigenvalue weighted by molar-refractivity contribution is 5.64. The Morgan fingerprint density at radius 3 is 2.93 bits per heavy atom. The molecule has 1 unspecified atom stereocenters. The SMILES string of the molecule is CC1=CCC(CN2CCOCC2)C=N1. The van der Waals surface area contributed by atoms with Crippen LogP contribution in [0.15, 0.2) is 16.8 Å². The lowest BCUT2D eigenvalue weighted by molar-refractivity contribution is 0.0346. The Balaban J connectivity index is 1.78. The van der Waals surface area contributed by atoms with Crippen LogP contribution in [0.5, 0.6) is 0 Å². The van der Waals surface area contributed by atoms with E-state index in [1.54, 1.807) is 0 Å². The van der Waals surface area contributed by atoms with Crippen LogP contribution >= 0.6 is 0 Å². The zero-order valence-corrected chi connectivity index (χ0v) is 8.78. The molecule has 3 heteroatoms. The standard InChI is InChI=1S/C11H18N2O/c1-10-2-3-11(8-12-10)9-13-4-6-14-7-5-13/h2,8,11H,3-7,9H2,1H3. The molecule has 0 amide bonds. The molecule has 2 aliphatic rings. The van der Waals surface area contributed by atoms with E-state index in [-0.39, 0.29) is 0 Å². The molecule has 2 aliphatic heterocycles. The molecule has 0 saturated carbocycles. The number of nitrogens with zero attached hydrogens (tertiary/aromatic N) is 2. The van der Waals surface area contributed by atoms with Crippen LogP contribution in [-0.2, 0) is 4.74 Å². The minimum Gasteiger partial charge on any atom is -0.379 e. The van der Waals surface area contributed by atoms with E-state index < -0.39 is 0 Å². The first-order chi connectivity index (χ1) is 6.84. The van der Waals surface area contributed by atoms with Crippen molar-refractivity contribution in [2.24, 2.45) is 10.9 Å². The number of rotatable bonds is 2. The van der Waals surface area contributed by atoms with E-state index in [1.807, 2.05) is 0 Å². The van der Waals surface area contributed by atoms with Crippen LogP contribution in [0.4, 0.5) is 0 Å². The molecule has 0 bridgehead atoms. The highest BCUT2D eigenvalue weighted by Gasteiger charge is 2.15. The molecule has 0 aromatic rings. The summed E-state index contributed by atoms with van der Waals surface area (Å²) in [5, 5.41) is 0. The second kappa shape index (κ2) is 4.71. The van der Waals surface area contributed by atoms with Crippen LogP contribution in [0.3, 0.4) is 0 Å². The highest BCUT2D eigenvalue weighted by atomic mass is 16.5. The molecule has 0 radical (unpaired) electrons. The van der Waals surface area contributed by atoms with E-state index in [0.29, 0.717) is 5.92 Å². The summed E-state index contributed by atoms with van der Waals surface area (Å²) in [6, 6.07) is 0. The van der Waals surface area contributed by atoms with Gasteiger partial charge in [0.1, 0.15) is 0 Å². The van der Waals surface area contributed by atoms with Gasteiger partial charge in [0.25, 0.3) is 0 Å². The Morgan fingerprint density at radius 1 is 1.50 bits per heavy atom. The van der Waals surface area contributed by atoms with Crippen molar-refractivity contribution in [3.8, 4) is 0 Å². The minimum absolute atomic E-state index is 0.608. The summed E-state index contributed by atoms with van der Waals surface area (Å²) in [5.74, 6) is 0.608. The second-order valence-electron chi connectivity index (χ2n) is 4.03.